The summed E-state index contributed by atoms with van der Waals surface area (Å²) in [5, 5.41) is 11.7. The van der Waals surface area contributed by atoms with Crippen molar-refractivity contribution in [2.24, 2.45) is 5.92 Å². The minimum Gasteiger partial charge on any atom is -0.394 e. The highest BCUT2D eigenvalue weighted by molar-refractivity contribution is 5.78. The molecule has 1 atom stereocenters. The van der Waals surface area contributed by atoms with Crippen LogP contribution in [0.3, 0.4) is 0 Å². The molecule has 0 aromatic carbocycles. The Hall–Kier alpha value is -1.89. The first-order chi connectivity index (χ1) is 8.42. The first kappa shape index (κ1) is 14.2. The van der Waals surface area contributed by atoms with E-state index < -0.39 is 11.2 Å². The fraction of sp³-hybridized carbons (Fsp3) is 0.545. The number of rotatable bonds is 5. The summed E-state index contributed by atoms with van der Waals surface area (Å²) in [5.74, 6) is -0.263. The topological polar surface area (TPSA) is 115 Å². The van der Waals surface area contributed by atoms with Gasteiger partial charge in [0.1, 0.15) is 0 Å². The second-order valence-corrected chi connectivity index (χ2v) is 4.39. The number of aromatic nitrogens is 2. The van der Waals surface area contributed by atoms with Crippen LogP contribution in [0, 0.1) is 5.92 Å². The van der Waals surface area contributed by atoms with Gasteiger partial charge >= 0.3 is 5.69 Å². The number of amides is 1. The number of aliphatic hydroxyl groups is 1. The van der Waals surface area contributed by atoms with E-state index in [0.29, 0.717) is 0 Å². The monoisotopic (exact) mass is 255 g/mol. The fourth-order valence-electron chi connectivity index (χ4n) is 1.47. The molecule has 1 aromatic rings. The van der Waals surface area contributed by atoms with Gasteiger partial charge in [-0.1, -0.05) is 13.8 Å². The van der Waals surface area contributed by atoms with Crippen LogP contribution in [-0.2, 0) is 11.2 Å². The fourth-order valence-corrected chi connectivity index (χ4v) is 1.47. The molecular formula is C11H17N3O4. The zero-order valence-electron chi connectivity index (χ0n) is 10.3. The van der Waals surface area contributed by atoms with E-state index in [1.165, 1.54) is 0 Å². The summed E-state index contributed by atoms with van der Waals surface area (Å²) in [6.07, 6.45) is -0.109. The van der Waals surface area contributed by atoms with Crippen LogP contribution in [0.15, 0.2) is 15.7 Å². The first-order valence-electron chi connectivity index (χ1n) is 5.65. The zero-order valence-corrected chi connectivity index (χ0v) is 10.3. The van der Waals surface area contributed by atoms with Crippen LogP contribution >= 0.6 is 0 Å². The maximum atomic E-state index is 11.7. The number of carbonyl (C=O) groups is 1. The van der Waals surface area contributed by atoms with Crippen LogP contribution in [0.1, 0.15) is 19.5 Å². The van der Waals surface area contributed by atoms with Gasteiger partial charge in [0.05, 0.1) is 19.1 Å². The Morgan fingerprint density at radius 2 is 2.06 bits per heavy atom. The van der Waals surface area contributed by atoms with Gasteiger partial charge in [-0.25, -0.2) is 4.79 Å². The van der Waals surface area contributed by atoms with Crippen LogP contribution in [0.5, 0.6) is 0 Å². The summed E-state index contributed by atoms with van der Waals surface area (Å²) in [6, 6.07) is 0.816. The maximum absolute atomic E-state index is 11.7. The molecule has 1 aromatic heterocycles. The van der Waals surface area contributed by atoms with Crippen LogP contribution in [-0.4, -0.2) is 33.6 Å². The number of aromatic amines is 2. The van der Waals surface area contributed by atoms with Crippen molar-refractivity contribution >= 4 is 5.91 Å². The molecule has 0 aliphatic heterocycles. The van der Waals surface area contributed by atoms with Crippen molar-refractivity contribution < 1.29 is 9.90 Å². The molecule has 1 heterocycles. The molecule has 0 spiro atoms. The highest BCUT2D eigenvalue weighted by atomic mass is 16.3. The van der Waals surface area contributed by atoms with E-state index in [1.54, 1.807) is 0 Å². The molecule has 1 rings (SSSR count). The SMILES string of the molecule is CC(C)C(CO)NC(=O)Cc1cc(=O)[nH]c(=O)[nH]1. The molecule has 100 valence electrons. The Morgan fingerprint density at radius 1 is 1.39 bits per heavy atom. The van der Waals surface area contributed by atoms with E-state index in [9.17, 15) is 14.4 Å². The van der Waals surface area contributed by atoms with Gasteiger partial charge in [-0.15, -0.1) is 0 Å². The van der Waals surface area contributed by atoms with Crippen LogP contribution in [0.4, 0.5) is 0 Å². The summed E-state index contributed by atoms with van der Waals surface area (Å²) < 4.78 is 0. The number of carbonyl (C=O) groups excluding carboxylic acids is 1. The van der Waals surface area contributed by atoms with Crippen LogP contribution in [0.2, 0.25) is 0 Å². The summed E-state index contributed by atoms with van der Waals surface area (Å²) >= 11 is 0. The quantitative estimate of drug-likeness (QED) is 0.525. The third-order valence-corrected chi connectivity index (χ3v) is 2.51. The van der Waals surface area contributed by atoms with Gasteiger partial charge in [0.25, 0.3) is 5.56 Å². The molecule has 0 aliphatic rings. The molecule has 1 unspecified atom stereocenters. The van der Waals surface area contributed by atoms with Crippen LogP contribution in [0.25, 0.3) is 0 Å². The predicted molar refractivity (Wildman–Crippen MR) is 65.2 cm³/mol. The number of H-pyrrole nitrogens is 2. The van der Waals surface area contributed by atoms with E-state index in [-0.39, 0.29) is 36.6 Å². The van der Waals surface area contributed by atoms with Crippen molar-refractivity contribution in [3.05, 3.63) is 32.6 Å². The lowest BCUT2D eigenvalue weighted by atomic mass is 10.1. The second-order valence-electron chi connectivity index (χ2n) is 4.39. The number of nitrogens with one attached hydrogen (secondary N) is 3. The summed E-state index contributed by atoms with van der Waals surface area (Å²) in [5.41, 5.74) is -0.960. The van der Waals surface area contributed by atoms with Gasteiger partial charge in [-0.2, -0.15) is 0 Å². The Bertz CT molecular complexity index is 489. The smallest absolute Gasteiger partial charge is 0.325 e. The van der Waals surface area contributed by atoms with E-state index in [4.69, 9.17) is 5.11 Å². The molecular weight excluding hydrogens is 238 g/mol. The molecule has 0 saturated heterocycles. The Balaban J connectivity index is 2.70. The number of aliphatic hydroxyl groups excluding tert-OH is 1. The predicted octanol–water partition coefficient (Wildman–Crippen LogP) is -1.26. The van der Waals surface area contributed by atoms with Gasteiger partial charge in [-0.05, 0) is 5.92 Å². The maximum Gasteiger partial charge on any atom is 0.325 e. The molecule has 18 heavy (non-hydrogen) atoms. The lowest BCUT2D eigenvalue weighted by molar-refractivity contribution is -0.121. The average molecular weight is 255 g/mol. The van der Waals surface area contributed by atoms with E-state index in [0.717, 1.165) is 6.07 Å². The average Bonchev–Trinajstić information content (AvgIpc) is 2.23. The minimum absolute atomic E-state index is 0.0946. The van der Waals surface area contributed by atoms with Crippen molar-refractivity contribution in [2.75, 3.05) is 6.61 Å². The normalized spacial score (nSPS) is 12.4. The molecule has 4 N–H and O–H groups in total. The van der Waals surface area contributed by atoms with Gasteiger partial charge in [0.2, 0.25) is 5.91 Å². The van der Waals surface area contributed by atoms with Gasteiger partial charge < -0.3 is 15.4 Å². The summed E-state index contributed by atoms with van der Waals surface area (Å²) in [6.45, 7) is 3.59. The standard InChI is InChI=1S/C11H17N3O4/c1-6(2)8(5-15)13-9(16)3-7-4-10(17)14-11(18)12-7/h4,6,8,15H,3,5H2,1-2H3,(H,13,16)(H2,12,14,17,18). The van der Waals surface area contributed by atoms with Crippen molar-refractivity contribution in [3.8, 4) is 0 Å². The molecule has 7 nitrogen and oxygen atoms in total. The first-order valence-corrected chi connectivity index (χ1v) is 5.65. The van der Waals surface area contributed by atoms with Crippen LogP contribution < -0.4 is 16.6 Å². The molecule has 0 aliphatic carbocycles. The summed E-state index contributed by atoms with van der Waals surface area (Å²) in [4.78, 5) is 38.1. The zero-order chi connectivity index (χ0) is 13.7. The second kappa shape index (κ2) is 6.15. The van der Waals surface area contributed by atoms with Crippen molar-refractivity contribution in [1.82, 2.24) is 15.3 Å². The van der Waals surface area contributed by atoms with Gasteiger partial charge in [0.15, 0.2) is 0 Å². The molecule has 1 amide bonds. The Morgan fingerprint density at radius 3 is 2.56 bits per heavy atom. The van der Waals surface area contributed by atoms with Crippen molar-refractivity contribution in [2.45, 2.75) is 26.3 Å². The molecule has 0 saturated carbocycles. The highest BCUT2D eigenvalue weighted by Gasteiger charge is 2.15. The number of hydrogen-bond donors (Lipinski definition) is 4. The molecule has 7 heteroatoms. The molecule has 0 fully saturated rings. The van der Waals surface area contributed by atoms with Gasteiger partial charge in [-0.3, -0.25) is 14.6 Å². The number of hydrogen-bond acceptors (Lipinski definition) is 4. The lowest BCUT2D eigenvalue weighted by Gasteiger charge is -2.19. The lowest BCUT2D eigenvalue weighted by Crippen LogP contribution is -2.42. The third-order valence-electron chi connectivity index (χ3n) is 2.51. The highest BCUT2D eigenvalue weighted by Crippen LogP contribution is 2.00. The summed E-state index contributed by atoms with van der Waals surface area (Å²) in [7, 11) is 0. The van der Waals surface area contributed by atoms with E-state index >= 15 is 0 Å². The minimum atomic E-state index is -0.645. The molecule has 0 radical (unpaired) electrons. The Labute approximate surface area is 103 Å². The van der Waals surface area contributed by atoms with Crippen molar-refractivity contribution in [3.63, 3.8) is 0 Å². The third kappa shape index (κ3) is 4.17. The van der Waals surface area contributed by atoms with E-state index in [2.05, 4.69) is 10.3 Å². The largest absolute Gasteiger partial charge is 0.394 e. The molecule has 0 bridgehead atoms. The van der Waals surface area contributed by atoms with Crippen molar-refractivity contribution in [1.29, 1.82) is 0 Å². The Kier molecular flexibility index (Phi) is 4.85. The van der Waals surface area contributed by atoms with Gasteiger partial charge in [0, 0.05) is 11.8 Å². The van der Waals surface area contributed by atoms with E-state index in [1.807, 2.05) is 18.8 Å².